The molecule has 2 aliphatic carbocycles. The minimum absolute atomic E-state index is 0.151. The molecule has 2 fully saturated rings. The predicted octanol–water partition coefficient (Wildman–Crippen LogP) is 12.4. The van der Waals surface area contributed by atoms with Crippen molar-refractivity contribution < 1.29 is 14.2 Å². The molecule has 0 saturated carbocycles. The molecule has 1 unspecified atom stereocenters. The molecule has 1 atom stereocenters. The van der Waals surface area contributed by atoms with E-state index in [9.17, 15) is 0 Å². The molecule has 2 saturated heterocycles. The van der Waals surface area contributed by atoms with Crippen molar-refractivity contribution in [3.63, 3.8) is 0 Å². The zero-order valence-corrected chi connectivity index (χ0v) is 35.9. The maximum absolute atomic E-state index is 8.00. The smallest absolute Gasteiger partial charge is 0.178 e. The average Bonchev–Trinajstić information content (AvgIpc) is 3.74. The zero-order valence-electron chi connectivity index (χ0n) is 35.9. The normalized spacial score (nSPS) is 20.6. The molecule has 0 spiro atoms. The second-order valence-corrected chi connectivity index (χ2v) is 18.2. The molecular weight excluding hydrogens is 737 g/mol. The molecule has 5 nitrogen and oxygen atoms in total. The second kappa shape index (κ2) is 14.0. The molecule has 6 aromatic carbocycles. The lowest BCUT2D eigenvalue weighted by Gasteiger charge is -2.40. The molecule has 11 rings (SSSR count). The van der Waals surface area contributed by atoms with Crippen LogP contribution in [0.5, 0.6) is 11.5 Å². The highest BCUT2D eigenvalue weighted by Crippen LogP contribution is 2.61. The van der Waals surface area contributed by atoms with Crippen molar-refractivity contribution in [1.29, 1.82) is 0 Å². The van der Waals surface area contributed by atoms with E-state index in [4.69, 9.17) is 14.2 Å². The van der Waals surface area contributed by atoms with E-state index in [0.29, 0.717) is 13.2 Å². The van der Waals surface area contributed by atoms with E-state index in [1.165, 1.54) is 80.4 Å². The zero-order chi connectivity index (χ0) is 40.8. The lowest BCUT2D eigenvalue weighted by atomic mass is 9.71. The Morgan fingerprint density at radius 1 is 0.650 bits per heavy atom. The molecule has 0 N–H and O–H groups in total. The number of rotatable bonds is 7. The Labute approximate surface area is 355 Å². The summed E-state index contributed by atoms with van der Waals surface area (Å²) in [6.45, 7) is 14.8. The minimum atomic E-state index is -0.892. The van der Waals surface area contributed by atoms with Gasteiger partial charge in [0.25, 0.3) is 0 Å². The highest BCUT2D eigenvalue weighted by atomic mass is 16.5. The molecule has 0 aromatic heterocycles. The summed E-state index contributed by atoms with van der Waals surface area (Å²) >= 11 is 0. The van der Waals surface area contributed by atoms with Crippen LogP contribution in [-0.4, -0.2) is 46.5 Å². The lowest BCUT2D eigenvalue weighted by molar-refractivity contribution is 0.122. The van der Waals surface area contributed by atoms with E-state index < -0.39 is 5.60 Å². The molecule has 0 radical (unpaired) electrons. The van der Waals surface area contributed by atoms with Gasteiger partial charge >= 0.3 is 0 Å². The molecule has 0 bridgehead atoms. The van der Waals surface area contributed by atoms with Crippen LogP contribution in [0, 0.1) is 0 Å². The predicted molar refractivity (Wildman–Crippen MR) is 247 cm³/mol. The van der Waals surface area contributed by atoms with E-state index in [0.717, 1.165) is 72.7 Å². The molecule has 60 heavy (non-hydrogen) atoms. The number of methoxy groups -OCH3 is 1. The monoisotopic (exact) mass is 792 g/mol. The number of benzene rings is 6. The van der Waals surface area contributed by atoms with Gasteiger partial charge in [0.1, 0.15) is 11.5 Å². The molecule has 5 heteroatoms. The fraction of sp³-hybridized carbons (Fsp3) is 0.345. The summed E-state index contributed by atoms with van der Waals surface area (Å²) in [7, 11) is 1.80. The first-order chi connectivity index (χ1) is 29.3. The fourth-order valence-electron chi connectivity index (χ4n) is 11.9. The fourth-order valence-corrected chi connectivity index (χ4v) is 11.9. The van der Waals surface area contributed by atoms with Crippen LogP contribution >= 0.6 is 0 Å². The van der Waals surface area contributed by atoms with E-state index in [-0.39, 0.29) is 10.8 Å². The van der Waals surface area contributed by atoms with Crippen LogP contribution in [0.25, 0.3) is 39.1 Å². The number of piperidine rings is 1. The van der Waals surface area contributed by atoms with Crippen LogP contribution in [0.1, 0.15) is 98.7 Å². The molecule has 5 aliphatic rings. The van der Waals surface area contributed by atoms with Crippen molar-refractivity contribution in [2.24, 2.45) is 0 Å². The van der Waals surface area contributed by atoms with Gasteiger partial charge in [-0.3, -0.25) is 0 Å². The topological polar surface area (TPSA) is 34.2 Å². The van der Waals surface area contributed by atoms with Crippen LogP contribution < -0.4 is 19.3 Å². The Morgan fingerprint density at radius 3 is 2.07 bits per heavy atom. The largest absolute Gasteiger partial charge is 0.495 e. The summed E-state index contributed by atoms with van der Waals surface area (Å²) in [6.07, 6.45) is 10.6. The third-order valence-electron chi connectivity index (χ3n) is 15.1. The summed E-state index contributed by atoms with van der Waals surface area (Å²) in [5.41, 5.74) is 15.5. The number of nitrogens with zero attached hydrogens (tertiary/aromatic N) is 2. The van der Waals surface area contributed by atoms with E-state index in [1.54, 1.807) is 7.11 Å². The van der Waals surface area contributed by atoms with Gasteiger partial charge in [0.05, 0.1) is 26.0 Å². The van der Waals surface area contributed by atoms with Gasteiger partial charge in [-0.05, 0) is 118 Å². The molecular formula is C55H56N2O3. The Bertz CT molecular complexity index is 2690. The molecule has 0 amide bonds. The standard InChI is InChI=1S/C55H56N2O3/c1-6-54(7-2)46-18-12-10-16-41(46)50-43-34-48(57-29-31-59-32-30-57)49(58-5)35-44(43)52-42(51(50)54)25-26-55(60-52,36-19-22-38(23-20-36)56-27-13-8-14-28-56)37-21-24-40-39-15-9-11-17-45(39)53(3,4)47(40)33-37/h9-12,15-26,33-35H,6-8,13-14,27-32H2,1-5H3. The van der Waals surface area contributed by atoms with Gasteiger partial charge in [0, 0.05) is 64.8 Å². The van der Waals surface area contributed by atoms with E-state index in [1.807, 2.05) is 0 Å². The maximum Gasteiger partial charge on any atom is 0.178 e. The summed E-state index contributed by atoms with van der Waals surface area (Å²) in [4.78, 5) is 4.98. The second-order valence-electron chi connectivity index (χ2n) is 18.2. The van der Waals surface area contributed by atoms with Crippen LogP contribution in [0.4, 0.5) is 11.4 Å². The van der Waals surface area contributed by atoms with Crippen molar-refractivity contribution in [3.05, 3.63) is 148 Å². The first kappa shape index (κ1) is 37.5. The highest BCUT2D eigenvalue weighted by Gasteiger charge is 2.48. The summed E-state index contributed by atoms with van der Waals surface area (Å²) < 4.78 is 20.1. The summed E-state index contributed by atoms with van der Waals surface area (Å²) in [5, 5.41) is 2.31. The van der Waals surface area contributed by atoms with Crippen LogP contribution in [0.3, 0.4) is 0 Å². The van der Waals surface area contributed by atoms with Gasteiger partial charge in [0.15, 0.2) is 5.60 Å². The Kier molecular flexibility index (Phi) is 8.76. The first-order valence-electron chi connectivity index (χ1n) is 22.5. The van der Waals surface area contributed by atoms with Gasteiger partial charge in [-0.15, -0.1) is 0 Å². The van der Waals surface area contributed by atoms with Crippen molar-refractivity contribution in [2.45, 2.75) is 76.2 Å². The lowest BCUT2D eigenvalue weighted by Crippen LogP contribution is -2.36. The van der Waals surface area contributed by atoms with Gasteiger partial charge in [-0.25, -0.2) is 0 Å². The number of ether oxygens (including phenoxy) is 3. The Morgan fingerprint density at radius 2 is 1.33 bits per heavy atom. The maximum atomic E-state index is 8.00. The number of hydrogen-bond donors (Lipinski definition) is 0. The van der Waals surface area contributed by atoms with Gasteiger partial charge < -0.3 is 24.0 Å². The minimum Gasteiger partial charge on any atom is -0.495 e. The van der Waals surface area contributed by atoms with Gasteiger partial charge in [-0.1, -0.05) is 107 Å². The highest BCUT2D eigenvalue weighted by molar-refractivity contribution is 6.10. The van der Waals surface area contributed by atoms with Gasteiger partial charge in [-0.2, -0.15) is 0 Å². The molecule has 3 aliphatic heterocycles. The first-order valence-corrected chi connectivity index (χ1v) is 22.5. The molecule has 3 heterocycles. The quantitative estimate of drug-likeness (QED) is 0.161. The number of anilines is 2. The van der Waals surface area contributed by atoms with Crippen molar-refractivity contribution >= 4 is 28.2 Å². The molecule has 304 valence electrons. The van der Waals surface area contributed by atoms with E-state index in [2.05, 4.69) is 153 Å². The van der Waals surface area contributed by atoms with Crippen molar-refractivity contribution in [1.82, 2.24) is 0 Å². The number of fused-ring (bicyclic) bond motifs is 11. The summed E-state index contributed by atoms with van der Waals surface area (Å²) in [6, 6.07) is 39.2. The van der Waals surface area contributed by atoms with Gasteiger partial charge in [0.2, 0.25) is 0 Å². The Hall–Kier alpha value is -5.52. The SMILES string of the molecule is CCC1(CC)c2ccccc2-c2c1c1c(c3cc(OC)c(N4CCOCC4)cc23)OC(c2ccc(N3CCCCC3)cc2)(c2ccc3c(c2)C(C)(C)c2ccccc2-3)C=C1. The number of morpholine rings is 1. The summed E-state index contributed by atoms with van der Waals surface area (Å²) in [5.74, 6) is 1.79. The average molecular weight is 793 g/mol. The van der Waals surface area contributed by atoms with Crippen molar-refractivity contribution in [2.75, 3.05) is 56.3 Å². The Balaban J connectivity index is 1.18. The van der Waals surface area contributed by atoms with Crippen molar-refractivity contribution in [3.8, 4) is 33.8 Å². The van der Waals surface area contributed by atoms with Crippen LogP contribution in [0.2, 0.25) is 0 Å². The third-order valence-corrected chi connectivity index (χ3v) is 15.1. The van der Waals surface area contributed by atoms with Crippen LogP contribution in [0.15, 0.2) is 109 Å². The number of hydrogen-bond acceptors (Lipinski definition) is 5. The van der Waals surface area contributed by atoms with Crippen LogP contribution in [-0.2, 0) is 21.2 Å². The third kappa shape index (κ3) is 5.27. The van der Waals surface area contributed by atoms with E-state index >= 15 is 0 Å². The molecule has 6 aromatic rings.